The molecule has 2 N–H and O–H groups in total. The molecule has 0 aliphatic carbocycles. The van der Waals surface area contributed by atoms with Crippen LogP contribution in [0.25, 0.3) is 11.4 Å². The topological polar surface area (TPSA) is 61.0 Å². The largest absolute Gasteiger partial charge is 0.435 e. The molecule has 6 heteroatoms. The van der Waals surface area contributed by atoms with E-state index in [9.17, 15) is 8.78 Å². The average Bonchev–Trinajstić information content (AvgIpc) is 2.39. The first-order valence-corrected chi connectivity index (χ1v) is 5.26. The van der Waals surface area contributed by atoms with E-state index in [2.05, 4.69) is 14.7 Å². The minimum Gasteiger partial charge on any atom is -0.435 e. The maximum atomic E-state index is 12.0. The molecule has 0 aliphatic heterocycles. The Kier molecular flexibility index (Phi) is 3.78. The summed E-state index contributed by atoms with van der Waals surface area (Å²) in [7, 11) is 0. The lowest BCUT2D eigenvalue weighted by molar-refractivity contribution is -0.0498. The van der Waals surface area contributed by atoms with Crippen LogP contribution in [-0.4, -0.2) is 16.6 Å². The number of nitrogens with two attached hydrogens (primary N) is 1. The second-order valence-corrected chi connectivity index (χ2v) is 3.48. The SMILES string of the molecule is NCc1ccnc(-c2ccc(OC(F)F)cc2)n1. The zero-order valence-electron chi connectivity index (χ0n) is 9.38. The molecule has 2 aromatic rings. The summed E-state index contributed by atoms with van der Waals surface area (Å²) in [6, 6.07) is 7.85. The van der Waals surface area contributed by atoms with Gasteiger partial charge in [-0.25, -0.2) is 9.97 Å². The van der Waals surface area contributed by atoms with Gasteiger partial charge < -0.3 is 10.5 Å². The fourth-order valence-corrected chi connectivity index (χ4v) is 1.43. The van der Waals surface area contributed by atoms with Crippen LogP contribution in [0.1, 0.15) is 5.69 Å². The number of rotatable bonds is 4. The highest BCUT2D eigenvalue weighted by atomic mass is 19.3. The third-order valence-corrected chi connectivity index (χ3v) is 2.26. The van der Waals surface area contributed by atoms with Gasteiger partial charge in [0.25, 0.3) is 0 Å². The van der Waals surface area contributed by atoms with Gasteiger partial charge in [0.05, 0.1) is 5.69 Å². The van der Waals surface area contributed by atoms with Crippen molar-refractivity contribution >= 4 is 0 Å². The molecule has 18 heavy (non-hydrogen) atoms. The van der Waals surface area contributed by atoms with Gasteiger partial charge in [-0.05, 0) is 30.3 Å². The Labute approximate surface area is 102 Å². The minimum absolute atomic E-state index is 0.101. The highest BCUT2D eigenvalue weighted by Gasteiger charge is 2.06. The third-order valence-electron chi connectivity index (χ3n) is 2.26. The van der Waals surface area contributed by atoms with Crippen LogP contribution in [0.3, 0.4) is 0 Å². The second kappa shape index (κ2) is 5.50. The summed E-state index contributed by atoms with van der Waals surface area (Å²) < 4.78 is 28.2. The van der Waals surface area contributed by atoms with E-state index >= 15 is 0 Å². The van der Waals surface area contributed by atoms with Crippen molar-refractivity contribution in [1.29, 1.82) is 0 Å². The molecule has 0 radical (unpaired) electrons. The number of hydrogen-bond donors (Lipinski definition) is 1. The zero-order valence-corrected chi connectivity index (χ0v) is 9.38. The average molecular weight is 251 g/mol. The number of ether oxygens (including phenoxy) is 1. The van der Waals surface area contributed by atoms with Gasteiger partial charge in [0.1, 0.15) is 5.75 Å². The van der Waals surface area contributed by atoms with Crippen LogP contribution < -0.4 is 10.5 Å². The first-order chi connectivity index (χ1) is 8.69. The van der Waals surface area contributed by atoms with E-state index in [-0.39, 0.29) is 5.75 Å². The Morgan fingerprint density at radius 2 is 1.89 bits per heavy atom. The Balaban J connectivity index is 2.22. The number of aromatic nitrogens is 2. The zero-order chi connectivity index (χ0) is 13.0. The van der Waals surface area contributed by atoms with Crippen LogP contribution in [0, 0.1) is 0 Å². The molecule has 0 aliphatic rings. The summed E-state index contributed by atoms with van der Waals surface area (Å²) in [5, 5.41) is 0. The van der Waals surface area contributed by atoms with E-state index < -0.39 is 6.61 Å². The molecule has 4 nitrogen and oxygen atoms in total. The monoisotopic (exact) mass is 251 g/mol. The normalized spacial score (nSPS) is 10.7. The van der Waals surface area contributed by atoms with Crippen LogP contribution >= 0.6 is 0 Å². The maximum absolute atomic E-state index is 12.0. The van der Waals surface area contributed by atoms with E-state index in [1.54, 1.807) is 24.4 Å². The number of benzene rings is 1. The molecule has 0 amide bonds. The molecular weight excluding hydrogens is 240 g/mol. The first kappa shape index (κ1) is 12.4. The van der Waals surface area contributed by atoms with E-state index in [0.717, 1.165) is 0 Å². The second-order valence-electron chi connectivity index (χ2n) is 3.48. The van der Waals surface area contributed by atoms with Crippen molar-refractivity contribution in [3.63, 3.8) is 0 Å². The van der Waals surface area contributed by atoms with Gasteiger partial charge in [-0.2, -0.15) is 8.78 Å². The smallest absolute Gasteiger partial charge is 0.387 e. The molecule has 0 spiro atoms. The molecule has 1 heterocycles. The van der Waals surface area contributed by atoms with Gasteiger partial charge in [-0.3, -0.25) is 0 Å². The predicted molar refractivity (Wildman–Crippen MR) is 62.0 cm³/mol. The number of nitrogens with zero attached hydrogens (tertiary/aromatic N) is 2. The van der Waals surface area contributed by atoms with Gasteiger partial charge in [0, 0.05) is 18.3 Å². The molecule has 0 atom stereocenters. The van der Waals surface area contributed by atoms with Gasteiger partial charge in [0.2, 0.25) is 0 Å². The molecule has 0 bridgehead atoms. The van der Waals surface area contributed by atoms with Crippen molar-refractivity contribution in [1.82, 2.24) is 9.97 Å². The van der Waals surface area contributed by atoms with Crippen molar-refractivity contribution in [2.24, 2.45) is 5.73 Å². The molecule has 2 rings (SSSR count). The van der Waals surface area contributed by atoms with Gasteiger partial charge in [0.15, 0.2) is 5.82 Å². The van der Waals surface area contributed by atoms with Crippen molar-refractivity contribution in [2.75, 3.05) is 0 Å². The summed E-state index contributed by atoms with van der Waals surface area (Å²) >= 11 is 0. The molecule has 1 aromatic heterocycles. The summed E-state index contributed by atoms with van der Waals surface area (Å²) in [5.41, 5.74) is 6.91. The lowest BCUT2D eigenvalue weighted by atomic mass is 10.2. The molecule has 1 aromatic carbocycles. The van der Waals surface area contributed by atoms with Crippen LogP contribution in [0.15, 0.2) is 36.5 Å². The van der Waals surface area contributed by atoms with E-state index in [0.29, 0.717) is 23.6 Å². The fraction of sp³-hybridized carbons (Fsp3) is 0.167. The predicted octanol–water partition coefficient (Wildman–Crippen LogP) is 2.20. The highest BCUT2D eigenvalue weighted by Crippen LogP contribution is 2.20. The summed E-state index contributed by atoms with van der Waals surface area (Å²) in [6.07, 6.45) is 1.61. The summed E-state index contributed by atoms with van der Waals surface area (Å²) in [6.45, 7) is -2.50. The Hall–Kier alpha value is -2.08. The third kappa shape index (κ3) is 2.98. The van der Waals surface area contributed by atoms with E-state index in [4.69, 9.17) is 5.73 Å². The molecule has 0 saturated carbocycles. The number of alkyl halides is 2. The lowest BCUT2D eigenvalue weighted by Gasteiger charge is -2.05. The van der Waals surface area contributed by atoms with Crippen LogP contribution in [0.2, 0.25) is 0 Å². The standard InChI is InChI=1S/C12H11F2N3O/c13-12(14)18-10-3-1-8(2-4-10)11-16-6-5-9(7-15)17-11/h1-6,12H,7,15H2. The number of halogens is 2. The van der Waals surface area contributed by atoms with Crippen LogP contribution in [0.4, 0.5) is 8.78 Å². The van der Waals surface area contributed by atoms with E-state index in [1.807, 2.05) is 0 Å². The molecular formula is C12H11F2N3O. The Morgan fingerprint density at radius 1 is 1.17 bits per heavy atom. The Bertz CT molecular complexity index is 517. The lowest BCUT2D eigenvalue weighted by Crippen LogP contribution is -2.02. The maximum Gasteiger partial charge on any atom is 0.387 e. The van der Waals surface area contributed by atoms with E-state index in [1.165, 1.54) is 12.1 Å². The van der Waals surface area contributed by atoms with Gasteiger partial charge >= 0.3 is 6.61 Å². The molecule has 0 unspecified atom stereocenters. The van der Waals surface area contributed by atoms with Crippen LogP contribution in [-0.2, 0) is 6.54 Å². The highest BCUT2D eigenvalue weighted by molar-refractivity contribution is 5.56. The summed E-state index contributed by atoms with van der Waals surface area (Å²) in [4.78, 5) is 8.32. The van der Waals surface area contributed by atoms with Crippen LogP contribution in [0.5, 0.6) is 5.75 Å². The van der Waals surface area contributed by atoms with Crippen molar-refractivity contribution < 1.29 is 13.5 Å². The quantitative estimate of drug-likeness (QED) is 0.904. The van der Waals surface area contributed by atoms with Gasteiger partial charge in [-0.15, -0.1) is 0 Å². The molecule has 0 saturated heterocycles. The van der Waals surface area contributed by atoms with Gasteiger partial charge in [-0.1, -0.05) is 0 Å². The molecule has 0 fully saturated rings. The minimum atomic E-state index is -2.83. The van der Waals surface area contributed by atoms with Crippen molar-refractivity contribution in [2.45, 2.75) is 13.2 Å². The molecule has 94 valence electrons. The fourth-order valence-electron chi connectivity index (χ4n) is 1.43. The van der Waals surface area contributed by atoms with Crippen molar-refractivity contribution in [3.05, 3.63) is 42.2 Å². The Morgan fingerprint density at radius 3 is 2.50 bits per heavy atom. The van der Waals surface area contributed by atoms with Crippen molar-refractivity contribution in [3.8, 4) is 17.1 Å². The number of hydrogen-bond acceptors (Lipinski definition) is 4. The first-order valence-electron chi connectivity index (χ1n) is 5.26. The summed E-state index contributed by atoms with van der Waals surface area (Å²) in [5.74, 6) is 0.602.